The van der Waals surface area contributed by atoms with Crippen LogP contribution >= 0.6 is 0 Å². The molecule has 0 saturated carbocycles. The van der Waals surface area contributed by atoms with E-state index in [-0.39, 0.29) is 23.6 Å². The minimum absolute atomic E-state index is 0.0838. The number of fused-ring (bicyclic) bond motifs is 1. The average molecular weight is 404 g/mol. The number of hydrogen-bond acceptors (Lipinski definition) is 3. The Hall–Kier alpha value is -3.74. The fourth-order valence-electron chi connectivity index (χ4n) is 3.59. The van der Waals surface area contributed by atoms with Crippen molar-refractivity contribution in [3.8, 4) is 11.3 Å². The molecule has 0 bridgehead atoms. The molecule has 3 aromatic heterocycles. The van der Waals surface area contributed by atoms with E-state index in [1.54, 1.807) is 12.1 Å². The second-order valence-corrected chi connectivity index (χ2v) is 7.35. The van der Waals surface area contributed by atoms with E-state index in [4.69, 9.17) is 0 Å². The van der Waals surface area contributed by atoms with Crippen LogP contribution in [0, 0.1) is 19.7 Å². The summed E-state index contributed by atoms with van der Waals surface area (Å²) in [5.41, 5.74) is 3.97. The molecule has 0 aliphatic rings. The average Bonchev–Trinajstić information content (AvgIpc) is 3.07. The monoisotopic (exact) mass is 404 g/mol. The second kappa shape index (κ2) is 7.59. The number of amides is 1. The smallest absolute Gasteiger partial charge is 0.270 e. The number of aromatic amines is 1. The van der Waals surface area contributed by atoms with Gasteiger partial charge in [-0.05, 0) is 49.7 Å². The van der Waals surface area contributed by atoms with Crippen molar-refractivity contribution in [3.63, 3.8) is 0 Å². The van der Waals surface area contributed by atoms with Crippen LogP contribution in [0.5, 0.6) is 0 Å². The summed E-state index contributed by atoms with van der Waals surface area (Å²) in [6.07, 6.45) is 1.84. The fourth-order valence-corrected chi connectivity index (χ4v) is 3.59. The van der Waals surface area contributed by atoms with Gasteiger partial charge in [0.25, 0.3) is 11.5 Å². The topological polar surface area (TPSA) is 79.8 Å². The van der Waals surface area contributed by atoms with E-state index < -0.39 is 5.91 Å². The van der Waals surface area contributed by atoms with Crippen molar-refractivity contribution in [1.29, 1.82) is 0 Å². The van der Waals surface area contributed by atoms with Gasteiger partial charge in [-0.3, -0.25) is 9.59 Å². The van der Waals surface area contributed by atoms with Gasteiger partial charge in [-0.15, -0.1) is 0 Å². The maximum atomic E-state index is 13.7. The molecule has 0 spiro atoms. The molecule has 0 fully saturated rings. The molecule has 4 aromatic rings. The summed E-state index contributed by atoms with van der Waals surface area (Å²) in [6, 6.07) is 11.6. The van der Waals surface area contributed by atoms with Crippen LogP contribution in [0.25, 0.3) is 22.2 Å². The molecule has 0 unspecified atom stereocenters. The van der Waals surface area contributed by atoms with Gasteiger partial charge in [-0.2, -0.15) is 0 Å². The van der Waals surface area contributed by atoms with Gasteiger partial charge < -0.3 is 14.9 Å². The number of carbonyl (C=O) groups excluding carboxylic acids is 1. The summed E-state index contributed by atoms with van der Waals surface area (Å²) in [5.74, 6) is -0.773. The lowest BCUT2D eigenvalue weighted by molar-refractivity contribution is 0.0947. The Morgan fingerprint density at radius 1 is 1.20 bits per heavy atom. The molecule has 3 heterocycles. The predicted molar refractivity (Wildman–Crippen MR) is 114 cm³/mol. The molecule has 4 rings (SSSR count). The summed E-state index contributed by atoms with van der Waals surface area (Å²) < 4.78 is 15.6. The number of carbonyl (C=O) groups is 1. The Labute approximate surface area is 172 Å². The number of aromatic nitrogens is 3. The summed E-state index contributed by atoms with van der Waals surface area (Å²) >= 11 is 0. The minimum Gasteiger partial charge on any atom is -0.350 e. The van der Waals surface area contributed by atoms with Gasteiger partial charge in [0.15, 0.2) is 0 Å². The lowest BCUT2D eigenvalue weighted by Crippen LogP contribution is -2.28. The van der Waals surface area contributed by atoms with Crippen LogP contribution in [0.15, 0.2) is 53.5 Å². The number of pyridine rings is 2. The number of aryl methyl sites for hydroxylation is 3. The van der Waals surface area contributed by atoms with Crippen molar-refractivity contribution in [1.82, 2.24) is 19.9 Å². The molecule has 7 heteroatoms. The fraction of sp³-hybridized carbons (Fsp3) is 0.174. The normalized spacial score (nSPS) is 11.1. The highest BCUT2D eigenvalue weighted by molar-refractivity contribution is 6.05. The zero-order chi connectivity index (χ0) is 21.4. The lowest BCUT2D eigenvalue weighted by atomic mass is 10.1. The van der Waals surface area contributed by atoms with E-state index in [1.807, 2.05) is 49.9 Å². The van der Waals surface area contributed by atoms with Crippen molar-refractivity contribution >= 4 is 16.8 Å². The Morgan fingerprint density at radius 2 is 2.00 bits per heavy atom. The number of benzene rings is 1. The van der Waals surface area contributed by atoms with Gasteiger partial charge in [-0.25, -0.2) is 9.37 Å². The standard InChI is InChI=1S/C23H21FN4O2/c1-13-9-14(2)26-22(29)18(13)12-25-23(30)21-17-7-8-28(3)20(17)11-19(27-21)15-5-4-6-16(24)10-15/h4-11H,12H2,1-3H3,(H,25,30)(H,26,29). The third kappa shape index (κ3) is 3.61. The van der Waals surface area contributed by atoms with Gasteiger partial charge in [0.1, 0.15) is 11.5 Å². The number of halogens is 1. The summed E-state index contributed by atoms with van der Waals surface area (Å²) in [4.78, 5) is 32.5. The summed E-state index contributed by atoms with van der Waals surface area (Å²) in [6.45, 7) is 3.73. The molecule has 0 saturated heterocycles. The van der Waals surface area contributed by atoms with E-state index in [0.717, 1.165) is 16.8 Å². The first-order valence-electron chi connectivity index (χ1n) is 9.53. The van der Waals surface area contributed by atoms with Crippen LogP contribution in [0.2, 0.25) is 0 Å². The van der Waals surface area contributed by atoms with E-state index in [0.29, 0.717) is 22.2 Å². The summed E-state index contributed by atoms with van der Waals surface area (Å²) in [7, 11) is 1.87. The van der Waals surface area contributed by atoms with Crippen molar-refractivity contribution < 1.29 is 9.18 Å². The third-order valence-corrected chi connectivity index (χ3v) is 5.14. The van der Waals surface area contributed by atoms with E-state index in [1.165, 1.54) is 12.1 Å². The first-order valence-corrected chi connectivity index (χ1v) is 9.53. The van der Waals surface area contributed by atoms with Crippen LogP contribution in [-0.4, -0.2) is 20.4 Å². The van der Waals surface area contributed by atoms with Crippen molar-refractivity contribution in [2.75, 3.05) is 0 Å². The molecule has 0 radical (unpaired) electrons. The molecule has 0 aliphatic carbocycles. The first-order chi connectivity index (χ1) is 14.3. The zero-order valence-corrected chi connectivity index (χ0v) is 16.9. The highest BCUT2D eigenvalue weighted by atomic mass is 19.1. The molecular weight excluding hydrogens is 383 g/mol. The van der Waals surface area contributed by atoms with Crippen molar-refractivity contribution in [2.24, 2.45) is 7.05 Å². The molecule has 2 N–H and O–H groups in total. The number of H-pyrrole nitrogens is 1. The molecule has 0 atom stereocenters. The zero-order valence-electron chi connectivity index (χ0n) is 16.9. The van der Waals surface area contributed by atoms with Gasteiger partial charge in [0.05, 0.1) is 11.2 Å². The van der Waals surface area contributed by atoms with E-state index in [9.17, 15) is 14.0 Å². The number of hydrogen-bond donors (Lipinski definition) is 2. The second-order valence-electron chi connectivity index (χ2n) is 7.35. The van der Waals surface area contributed by atoms with E-state index >= 15 is 0 Å². The SMILES string of the molecule is Cc1cc(C)c(CNC(=O)c2nc(-c3cccc(F)c3)cc3c2ccn3C)c(=O)[nH]1. The largest absolute Gasteiger partial charge is 0.350 e. The number of nitrogens with zero attached hydrogens (tertiary/aromatic N) is 2. The van der Waals surface area contributed by atoms with Crippen LogP contribution in [0.4, 0.5) is 4.39 Å². The van der Waals surface area contributed by atoms with Gasteiger partial charge >= 0.3 is 0 Å². The molecule has 0 aliphatic heterocycles. The van der Waals surface area contributed by atoms with Crippen LogP contribution in [0.3, 0.4) is 0 Å². The number of rotatable bonds is 4. The molecule has 1 amide bonds. The van der Waals surface area contributed by atoms with E-state index in [2.05, 4.69) is 15.3 Å². The Bertz CT molecular complexity index is 1340. The summed E-state index contributed by atoms with van der Waals surface area (Å²) in [5, 5.41) is 3.49. The first kappa shape index (κ1) is 19.6. The highest BCUT2D eigenvalue weighted by Gasteiger charge is 2.17. The Kier molecular flexibility index (Phi) is 4.95. The Morgan fingerprint density at radius 3 is 2.73 bits per heavy atom. The lowest BCUT2D eigenvalue weighted by Gasteiger charge is -2.11. The molecular formula is C23H21FN4O2. The predicted octanol–water partition coefficient (Wildman–Crippen LogP) is 3.61. The van der Waals surface area contributed by atoms with Crippen molar-refractivity contribution in [3.05, 3.63) is 87.3 Å². The molecule has 30 heavy (non-hydrogen) atoms. The molecule has 152 valence electrons. The van der Waals surface area contributed by atoms with Gasteiger partial charge in [0, 0.05) is 42.0 Å². The maximum absolute atomic E-state index is 13.7. The molecule has 1 aromatic carbocycles. The molecule has 6 nitrogen and oxygen atoms in total. The third-order valence-electron chi connectivity index (χ3n) is 5.14. The maximum Gasteiger partial charge on any atom is 0.270 e. The van der Waals surface area contributed by atoms with Crippen LogP contribution < -0.4 is 10.9 Å². The minimum atomic E-state index is -0.399. The highest BCUT2D eigenvalue weighted by Crippen LogP contribution is 2.26. The van der Waals surface area contributed by atoms with Gasteiger partial charge in [0.2, 0.25) is 0 Å². The number of nitrogens with one attached hydrogen (secondary N) is 2. The van der Waals surface area contributed by atoms with Crippen molar-refractivity contribution in [2.45, 2.75) is 20.4 Å². The van der Waals surface area contributed by atoms with Crippen LogP contribution in [-0.2, 0) is 13.6 Å². The Balaban J connectivity index is 1.73. The van der Waals surface area contributed by atoms with Gasteiger partial charge in [-0.1, -0.05) is 12.1 Å². The quantitative estimate of drug-likeness (QED) is 0.545. The van der Waals surface area contributed by atoms with Crippen LogP contribution in [0.1, 0.15) is 27.3 Å².